The summed E-state index contributed by atoms with van der Waals surface area (Å²) >= 11 is 0. The number of methoxy groups -OCH3 is 1. The molecule has 1 saturated heterocycles. The maximum Gasteiger partial charge on any atom is 0.311 e. The van der Waals surface area contributed by atoms with Crippen LogP contribution >= 0.6 is 0 Å². The predicted molar refractivity (Wildman–Crippen MR) is 72.5 cm³/mol. The minimum Gasteiger partial charge on any atom is -0.490 e. The normalized spacial score (nSPS) is 18.0. The van der Waals surface area contributed by atoms with Crippen LogP contribution in [-0.2, 0) is 0 Å². The lowest BCUT2D eigenvalue weighted by atomic mass is 10.0. The van der Waals surface area contributed by atoms with E-state index in [0.29, 0.717) is 5.75 Å². The summed E-state index contributed by atoms with van der Waals surface area (Å²) in [7, 11) is 1.45. The minimum atomic E-state index is -0.396. The van der Waals surface area contributed by atoms with Crippen LogP contribution < -0.4 is 10.1 Å². The molecule has 2 rings (SSSR count). The number of nitro groups is 1. The monoisotopic (exact) mass is 265 g/mol. The lowest BCUT2D eigenvalue weighted by Crippen LogP contribution is -2.44. The molecule has 0 amide bonds. The molecule has 0 bridgehead atoms. The van der Waals surface area contributed by atoms with Crippen LogP contribution in [0.2, 0.25) is 0 Å². The van der Waals surface area contributed by atoms with E-state index in [2.05, 4.69) is 17.1 Å². The topological polar surface area (TPSA) is 67.6 Å². The molecule has 0 aromatic heterocycles. The number of ether oxygens (including phenoxy) is 1. The Balaban J connectivity index is 2.24. The van der Waals surface area contributed by atoms with E-state index >= 15 is 0 Å². The van der Waals surface area contributed by atoms with Gasteiger partial charge in [-0.15, -0.1) is 0 Å². The second-order valence-corrected chi connectivity index (χ2v) is 4.65. The van der Waals surface area contributed by atoms with Gasteiger partial charge in [0.2, 0.25) is 0 Å². The Morgan fingerprint density at radius 2 is 2.11 bits per heavy atom. The van der Waals surface area contributed by atoms with Gasteiger partial charge in [0.1, 0.15) is 0 Å². The van der Waals surface area contributed by atoms with Crippen LogP contribution in [0.3, 0.4) is 0 Å². The highest BCUT2D eigenvalue weighted by Crippen LogP contribution is 2.31. The van der Waals surface area contributed by atoms with Gasteiger partial charge in [-0.05, 0) is 18.6 Å². The van der Waals surface area contributed by atoms with E-state index in [-0.39, 0.29) is 11.7 Å². The van der Waals surface area contributed by atoms with Crippen LogP contribution in [-0.4, -0.2) is 43.1 Å². The molecule has 6 heteroatoms. The number of piperazine rings is 1. The van der Waals surface area contributed by atoms with Crippen molar-refractivity contribution in [1.29, 1.82) is 0 Å². The van der Waals surface area contributed by atoms with Crippen molar-refractivity contribution >= 4 is 5.69 Å². The SMILES string of the molecule is COc1ccc([C@H](C)N2CCNCC2)cc1[N+](=O)[O-]. The first-order valence-corrected chi connectivity index (χ1v) is 6.40. The number of nitrogens with one attached hydrogen (secondary N) is 1. The molecule has 0 saturated carbocycles. The molecule has 1 aromatic rings. The van der Waals surface area contributed by atoms with Crippen molar-refractivity contribution in [3.63, 3.8) is 0 Å². The first-order chi connectivity index (χ1) is 9.13. The average Bonchev–Trinajstić information content (AvgIpc) is 2.46. The van der Waals surface area contributed by atoms with Crippen molar-refractivity contribution in [3.05, 3.63) is 33.9 Å². The molecule has 1 N–H and O–H groups in total. The number of nitrogens with zero attached hydrogens (tertiary/aromatic N) is 2. The Bertz CT molecular complexity index is 458. The maximum atomic E-state index is 11.0. The van der Waals surface area contributed by atoms with Crippen molar-refractivity contribution in [2.45, 2.75) is 13.0 Å². The van der Waals surface area contributed by atoms with E-state index < -0.39 is 4.92 Å². The maximum absolute atomic E-state index is 11.0. The number of hydrogen-bond donors (Lipinski definition) is 1. The van der Waals surface area contributed by atoms with Gasteiger partial charge in [0.25, 0.3) is 0 Å². The molecule has 104 valence electrons. The van der Waals surface area contributed by atoms with Crippen LogP contribution in [0.15, 0.2) is 18.2 Å². The van der Waals surface area contributed by atoms with E-state index in [1.54, 1.807) is 12.1 Å². The van der Waals surface area contributed by atoms with Crippen molar-refractivity contribution in [3.8, 4) is 5.75 Å². The summed E-state index contributed by atoms with van der Waals surface area (Å²) in [5, 5.41) is 14.3. The molecule has 0 unspecified atom stereocenters. The third-order valence-electron chi connectivity index (χ3n) is 3.58. The van der Waals surface area contributed by atoms with Crippen LogP contribution in [0.1, 0.15) is 18.5 Å². The van der Waals surface area contributed by atoms with Gasteiger partial charge >= 0.3 is 5.69 Å². The molecule has 1 fully saturated rings. The minimum absolute atomic E-state index is 0.0296. The fraction of sp³-hybridized carbons (Fsp3) is 0.538. The smallest absolute Gasteiger partial charge is 0.311 e. The fourth-order valence-corrected chi connectivity index (χ4v) is 2.39. The van der Waals surface area contributed by atoms with E-state index in [9.17, 15) is 10.1 Å². The van der Waals surface area contributed by atoms with Gasteiger partial charge in [-0.25, -0.2) is 0 Å². The number of hydrogen-bond acceptors (Lipinski definition) is 5. The Kier molecular flexibility index (Phi) is 4.34. The molecule has 0 spiro atoms. The van der Waals surface area contributed by atoms with Gasteiger partial charge in [0, 0.05) is 38.3 Å². The molecule has 1 atom stereocenters. The van der Waals surface area contributed by atoms with E-state index in [4.69, 9.17) is 4.74 Å². The first-order valence-electron chi connectivity index (χ1n) is 6.40. The van der Waals surface area contributed by atoms with Crippen molar-refractivity contribution in [1.82, 2.24) is 10.2 Å². The lowest BCUT2D eigenvalue weighted by Gasteiger charge is -2.33. The van der Waals surface area contributed by atoms with Gasteiger partial charge in [-0.2, -0.15) is 0 Å². The predicted octanol–water partition coefficient (Wildman–Crippen LogP) is 1.57. The standard InChI is InChI=1S/C13H19N3O3/c1-10(15-7-5-14-6-8-15)11-3-4-13(19-2)12(9-11)16(17)18/h3-4,9-10,14H,5-8H2,1-2H3/t10-/m0/s1. The average molecular weight is 265 g/mol. The molecular weight excluding hydrogens is 246 g/mol. The van der Waals surface area contributed by atoms with Crippen LogP contribution in [0.5, 0.6) is 5.75 Å². The van der Waals surface area contributed by atoms with Crippen LogP contribution in [0.4, 0.5) is 5.69 Å². The highest BCUT2D eigenvalue weighted by atomic mass is 16.6. The summed E-state index contributed by atoms with van der Waals surface area (Å²) in [6.07, 6.45) is 0. The molecule has 1 aliphatic rings. The van der Waals surface area contributed by atoms with Gasteiger partial charge in [-0.3, -0.25) is 15.0 Å². The molecule has 1 heterocycles. The van der Waals surface area contributed by atoms with Crippen molar-refractivity contribution < 1.29 is 9.66 Å². The van der Waals surface area contributed by atoms with Crippen LogP contribution in [0.25, 0.3) is 0 Å². The number of nitro benzene ring substituents is 1. The summed E-state index contributed by atoms with van der Waals surface area (Å²) in [6.45, 7) is 5.92. The van der Waals surface area contributed by atoms with Crippen molar-refractivity contribution in [2.24, 2.45) is 0 Å². The number of rotatable bonds is 4. The van der Waals surface area contributed by atoms with Crippen LogP contribution in [0, 0.1) is 10.1 Å². The summed E-state index contributed by atoms with van der Waals surface area (Å²) in [4.78, 5) is 13.0. The van der Waals surface area contributed by atoms with E-state index in [1.807, 2.05) is 6.07 Å². The summed E-state index contributed by atoms with van der Waals surface area (Å²) in [6, 6.07) is 5.36. The first kappa shape index (κ1) is 13.8. The Morgan fingerprint density at radius 3 is 2.68 bits per heavy atom. The van der Waals surface area contributed by atoms with Gasteiger partial charge in [-0.1, -0.05) is 6.07 Å². The Morgan fingerprint density at radius 1 is 1.42 bits per heavy atom. The Hall–Kier alpha value is -1.66. The molecular formula is C13H19N3O3. The zero-order valence-corrected chi connectivity index (χ0v) is 11.3. The molecule has 0 radical (unpaired) electrons. The zero-order valence-electron chi connectivity index (χ0n) is 11.3. The quantitative estimate of drug-likeness (QED) is 0.661. The van der Waals surface area contributed by atoms with Crippen molar-refractivity contribution in [2.75, 3.05) is 33.3 Å². The third-order valence-corrected chi connectivity index (χ3v) is 3.58. The largest absolute Gasteiger partial charge is 0.490 e. The van der Waals surface area contributed by atoms with Gasteiger partial charge in [0.05, 0.1) is 12.0 Å². The fourth-order valence-electron chi connectivity index (χ4n) is 2.39. The third kappa shape index (κ3) is 3.02. The second kappa shape index (κ2) is 5.99. The van der Waals surface area contributed by atoms with E-state index in [1.165, 1.54) is 7.11 Å². The van der Waals surface area contributed by atoms with Gasteiger partial charge < -0.3 is 10.1 Å². The molecule has 0 aliphatic carbocycles. The van der Waals surface area contributed by atoms with E-state index in [0.717, 1.165) is 31.7 Å². The number of benzene rings is 1. The lowest BCUT2D eigenvalue weighted by molar-refractivity contribution is -0.385. The highest BCUT2D eigenvalue weighted by molar-refractivity contribution is 5.49. The molecule has 1 aliphatic heterocycles. The molecule has 6 nitrogen and oxygen atoms in total. The summed E-state index contributed by atoms with van der Waals surface area (Å²) in [5.41, 5.74) is 0.983. The van der Waals surface area contributed by atoms with Gasteiger partial charge in [0.15, 0.2) is 5.75 Å². The summed E-state index contributed by atoms with van der Waals surface area (Å²) in [5.74, 6) is 0.307. The Labute approximate surface area is 112 Å². The molecule has 1 aromatic carbocycles. The summed E-state index contributed by atoms with van der Waals surface area (Å²) < 4.78 is 5.02. The zero-order chi connectivity index (χ0) is 13.8. The second-order valence-electron chi connectivity index (χ2n) is 4.65. The highest BCUT2D eigenvalue weighted by Gasteiger charge is 2.22. The molecule has 19 heavy (non-hydrogen) atoms.